The first kappa shape index (κ1) is 20.6. The number of aryl methyl sites for hydroxylation is 1. The lowest BCUT2D eigenvalue weighted by atomic mass is 10.0. The zero-order valence-corrected chi connectivity index (χ0v) is 17.5. The van der Waals surface area contributed by atoms with Crippen LogP contribution in [-0.2, 0) is 10.0 Å². The second kappa shape index (κ2) is 7.71. The molecular weight excluding hydrogens is 390 g/mol. The first-order chi connectivity index (χ1) is 13.6. The van der Waals surface area contributed by atoms with Crippen molar-refractivity contribution in [1.29, 1.82) is 0 Å². The Balaban J connectivity index is 2.08. The molecular formula is C21H23N3O4S. The summed E-state index contributed by atoms with van der Waals surface area (Å²) in [6.07, 6.45) is 0. The van der Waals surface area contributed by atoms with Gasteiger partial charge in [-0.2, -0.15) is 5.10 Å². The van der Waals surface area contributed by atoms with E-state index in [1.807, 2.05) is 44.2 Å². The Kier molecular flexibility index (Phi) is 5.48. The van der Waals surface area contributed by atoms with Gasteiger partial charge >= 0.3 is 5.97 Å². The number of carbonyl (C=O) groups is 1. The third-order valence-electron chi connectivity index (χ3n) is 4.70. The van der Waals surface area contributed by atoms with Gasteiger partial charge in [0.1, 0.15) is 0 Å². The van der Waals surface area contributed by atoms with E-state index in [0.29, 0.717) is 22.6 Å². The fraction of sp³-hybridized carbons (Fsp3) is 0.238. The highest BCUT2D eigenvalue weighted by Crippen LogP contribution is 2.30. The number of aromatic nitrogens is 2. The Hall–Kier alpha value is -3.13. The molecule has 152 valence electrons. The Labute approximate surface area is 170 Å². The highest BCUT2D eigenvalue weighted by molar-refractivity contribution is 7.92. The maximum Gasteiger partial charge on any atom is 0.335 e. The third-order valence-corrected chi connectivity index (χ3v) is 6.11. The van der Waals surface area contributed by atoms with Crippen molar-refractivity contribution < 1.29 is 18.3 Å². The summed E-state index contributed by atoms with van der Waals surface area (Å²) in [7, 11) is -4.03. The van der Waals surface area contributed by atoms with Crippen LogP contribution >= 0.6 is 0 Å². The average Bonchev–Trinajstić information content (AvgIpc) is 2.96. The molecule has 8 heteroatoms. The molecule has 0 unspecified atom stereocenters. The lowest BCUT2D eigenvalue weighted by molar-refractivity contribution is 0.0696. The second-order valence-corrected chi connectivity index (χ2v) is 8.76. The van der Waals surface area contributed by atoms with E-state index in [0.717, 1.165) is 5.69 Å². The van der Waals surface area contributed by atoms with Crippen LogP contribution in [0.4, 0.5) is 5.69 Å². The van der Waals surface area contributed by atoms with Gasteiger partial charge in [0.2, 0.25) is 0 Å². The minimum atomic E-state index is -4.03. The van der Waals surface area contributed by atoms with Gasteiger partial charge in [0, 0.05) is 0 Å². The molecule has 0 aliphatic carbocycles. The van der Waals surface area contributed by atoms with Crippen molar-refractivity contribution in [3.8, 4) is 5.69 Å². The number of hydrogen-bond acceptors (Lipinski definition) is 4. The van der Waals surface area contributed by atoms with Crippen LogP contribution in [-0.4, -0.2) is 29.3 Å². The molecule has 2 aromatic carbocycles. The molecule has 0 spiro atoms. The number of aromatic carboxylic acids is 1. The third kappa shape index (κ3) is 4.02. The largest absolute Gasteiger partial charge is 0.478 e. The number of rotatable bonds is 6. The summed E-state index contributed by atoms with van der Waals surface area (Å²) in [5.41, 5.74) is 2.82. The highest BCUT2D eigenvalue weighted by Gasteiger charge is 2.25. The van der Waals surface area contributed by atoms with Gasteiger partial charge in [0.25, 0.3) is 10.0 Å². The average molecular weight is 413 g/mol. The molecule has 0 aliphatic rings. The zero-order valence-electron chi connectivity index (χ0n) is 16.7. The lowest BCUT2D eigenvalue weighted by Gasteiger charge is -2.15. The summed E-state index contributed by atoms with van der Waals surface area (Å²) in [4.78, 5) is 11.3. The van der Waals surface area contributed by atoms with Gasteiger partial charge in [-0.05, 0) is 49.6 Å². The molecule has 2 N–H and O–H groups in total. The summed E-state index contributed by atoms with van der Waals surface area (Å²) in [5.74, 6) is -1.28. The zero-order chi connectivity index (χ0) is 21.3. The Morgan fingerprint density at radius 1 is 1.10 bits per heavy atom. The maximum absolute atomic E-state index is 13.2. The van der Waals surface area contributed by atoms with Crippen LogP contribution in [0.1, 0.15) is 47.1 Å². The first-order valence-corrected chi connectivity index (χ1v) is 10.6. The minimum Gasteiger partial charge on any atom is -0.478 e. The van der Waals surface area contributed by atoms with Gasteiger partial charge in [-0.1, -0.05) is 38.1 Å². The Bertz CT molecular complexity index is 1170. The van der Waals surface area contributed by atoms with Gasteiger partial charge in [-0.25, -0.2) is 17.9 Å². The van der Waals surface area contributed by atoms with E-state index in [1.165, 1.54) is 12.1 Å². The van der Waals surface area contributed by atoms with E-state index in [2.05, 4.69) is 9.82 Å². The van der Waals surface area contributed by atoms with Crippen LogP contribution in [0.25, 0.3) is 5.69 Å². The standard InChI is InChI=1S/C21H23N3O4S/c1-13(2)18-11-10-16(21(25)26)12-19(18)29(27,28)23-20-14(3)22-24(15(20)4)17-8-6-5-7-9-17/h5-13,23H,1-4H3,(H,25,26). The molecule has 3 rings (SSSR count). The topological polar surface area (TPSA) is 101 Å². The number of carboxylic acids is 1. The van der Waals surface area contributed by atoms with Gasteiger partial charge in [-0.3, -0.25) is 4.72 Å². The number of carboxylic acid groups (broad SMARTS) is 1. The summed E-state index contributed by atoms with van der Waals surface area (Å²) < 4.78 is 30.7. The molecule has 1 aromatic heterocycles. The lowest BCUT2D eigenvalue weighted by Crippen LogP contribution is -2.17. The van der Waals surface area contributed by atoms with Gasteiger partial charge in [-0.15, -0.1) is 0 Å². The van der Waals surface area contributed by atoms with Crippen molar-refractivity contribution in [2.45, 2.75) is 38.5 Å². The number of para-hydroxylation sites is 1. The van der Waals surface area contributed by atoms with Crippen LogP contribution < -0.4 is 4.72 Å². The molecule has 0 saturated heterocycles. The van der Waals surface area contributed by atoms with Crippen molar-refractivity contribution in [3.63, 3.8) is 0 Å². The smallest absolute Gasteiger partial charge is 0.335 e. The molecule has 0 saturated carbocycles. The molecule has 7 nitrogen and oxygen atoms in total. The first-order valence-electron chi connectivity index (χ1n) is 9.13. The number of anilines is 1. The van der Waals surface area contributed by atoms with E-state index >= 15 is 0 Å². The second-order valence-electron chi connectivity index (χ2n) is 7.11. The summed E-state index contributed by atoms with van der Waals surface area (Å²) in [6.45, 7) is 7.22. The van der Waals surface area contributed by atoms with E-state index in [1.54, 1.807) is 24.6 Å². The number of nitrogens with one attached hydrogen (secondary N) is 1. The fourth-order valence-corrected chi connectivity index (χ4v) is 4.75. The van der Waals surface area contributed by atoms with Gasteiger partial charge < -0.3 is 5.11 Å². The molecule has 0 amide bonds. The van der Waals surface area contributed by atoms with Crippen molar-refractivity contribution in [2.75, 3.05) is 4.72 Å². The summed E-state index contributed by atoms with van der Waals surface area (Å²) in [6, 6.07) is 13.6. The Morgan fingerprint density at radius 2 is 1.76 bits per heavy atom. The van der Waals surface area contributed by atoms with Crippen LogP contribution in [0.15, 0.2) is 53.4 Å². The van der Waals surface area contributed by atoms with Crippen molar-refractivity contribution in [2.24, 2.45) is 0 Å². The minimum absolute atomic E-state index is 0.0429. The van der Waals surface area contributed by atoms with E-state index < -0.39 is 16.0 Å². The van der Waals surface area contributed by atoms with Crippen molar-refractivity contribution in [3.05, 3.63) is 71.0 Å². The molecule has 3 aromatic rings. The number of hydrogen-bond donors (Lipinski definition) is 2. The SMILES string of the molecule is Cc1nn(-c2ccccc2)c(C)c1NS(=O)(=O)c1cc(C(=O)O)ccc1C(C)C. The molecule has 0 atom stereocenters. The van der Waals surface area contributed by atoms with Crippen LogP contribution in [0.5, 0.6) is 0 Å². The summed E-state index contributed by atoms with van der Waals surface area (Å²) in [5, 5.41) is 13.7. The predicted octanol–water partition coefficient (Wildman–Crippen LogP) is 4.11. The van der Waals surface area contributed by atoms with Crippen LogP contribution in [0.2, 0.25) is 0 Å². The van der Waals surface area contributed by atoms with E-state index in [9.17, 15) is 18.3 Å². The van der Waals surface area contributed by atoms with Crippen LogP contribution in [0, 0.1) is 13.8 Å². The predicted molar refractivity (Wildman–Crippen MR) is 111 cm³/mol. The normalized spacial score (nSPS) is 11.6. The molecule has 0 aliphatic heterocycles. The highest BCUT2D eigenvalue weighted by atomic mass is 32.2. The Morgan fingerprint density at radius 3 is 2.34 bits per heavy atom. The number of nitrogens with zero attached hydrogens (tertiary/aromatic N) is 2. The quantitative estimate of drug-likeness (QED) is 0.633. The molecule has 1 heterocycles. The monoisotopic (exact) mass is 413 g/mol. The van der Waals surface area contributed by atoms with Gasteiger partial charge in [0.05, 0.1) is 33.2 Å². The van der Waals surface area contributed by atoms with E-state index in [-0.39, 0.29) is 16.4 Å². The molecule has 0 fully saturated rings. The number of benzene rings is 2. The maximum atomic E-state index is 13.2. The molecule has 0 radical (unpaired) electrons. The van der Waals surface area contributed by atoms with Crippen LogP contribution in [0.3, 0.4) is 0 Å². The van der Waals surface area contributed by atoms with Crippen molar-refractivity contribution in [1.82, 2.24) is 9.78 Å². The molecule has 29 heavy (non-hydrogen) atoms. The number of sulfonamides is 1. The van der Waals surface area contributed by atoms with E-state index in [4.69, 9.17) is 0 Å². The van der Waals surface area contributed by atoms with Gasteiger partial charge in [0.15, 0.2) is 0 Å². The summed E-state index contributed by atoms with van der Waals surface area (Å²) >= 11 is 0. The fourth-order valence-electron chi connectivity index (χ4n) is 3.18. The van der Waals surface area contributed by atoms with Crippen molar-refractivity contribution >= 4 is 21.7 Å². The molecule has 0 bridgehead atoms.